The number of alkyl halides is 3. The lowest BCUT2D eigenvalue weighted by molar-refractivity contribution is -0.384. The number of hydrogen-bond donors (Lipinski definition) is 0. The van der Waals surface area contributed by atoms with Crippen molar-refractivity contribution in [1.82, 2.24) is 15.0 Å². The number of nitro groups is 1. The molecule has 2 unspecified atom stereocenters. The van der Waals surface area contributed by atoms with E-state index in [4.69, 9.17) is 9.26 Å². The number of halogens is 4. The molecular weight excluding hydrogens is 536 g/mol. The monoisotopic (exact) mass is 556 g/mol. The molecule has 206 valence electrons. The quantitative estimate of drug-likeness (QED) is 0.155. The fourth-order valence-electron chi connectivity index (χ4n) is 4.56. The Balaban J connectivity index is 1.41. The zero-order valence-electron chi connectivity index (χ0n) is 20.5. The highest BCUT2D eigenvalue weighted by Gasteiger charge is 2.36. The molecule has 0 aliphatic carbocycles. The molecule has 0 radical (unpaired) electrons. The molecule has 0 saturated carbocycles. The van der Waals surface area contributed by atoms with Crippen molar-refractivity contribution >= 4 is 11.8 Å². The second kappa shape index (κ2) is 10.8. The van der Waals surface area contributed by atoms with Crippen LogP contribution >= 0.6 is 0 Å². The number of carbonyl (C=O) groups excluding carboxylic acids is 1. The molecular formula is C27H20F4N4O5. The predicted octanol–water partition coefficient (Wildman–Crippen LogP) is 6.57. The normalized spacial score (nSPS) is 17.4. The molecule has 1 saturated heterocycles. The van der Waals surface area contributed by atoms with Gasteiger partial charge < -0.3 is 14.2 Å². The van der Waals surface area contributed by atoms with Gasteiger partial charge in [0.05, 0.1) is 16.4 Å². The van der Waals surface area contributed by atoms with E-state index in [1.54, 1.807) is 6.07 Å². The fourth-order valence-corrected chi connectivity index (χ4v) is 4.56. The van der Waals surface area contributed by atoms with Gasteiger partial charge in [-0.2, -0.15) is 18.2 Å². The Kier molecular flexibility index (Phi) is 7.20. The van der Waals surface area contributed by atoms with Gasteiger partial charge in [0.2, 0.25) is 11.7 Å². The van der Waals surface area contributed by atoms with Gasteiger partial charge in [0, 0.05) is 36.7 Å². The first-order valence-electron chi connectivity index (χ1n) is 12.0. The van der Waals surface area contributed by atoms with Crippen LogP contribution in [0, 0.1) is 15.9 Å². The second-order valence-corrected chi connectivity index (χ2v) is 9.24. The number of hydrogen-bond acceptors (Lipinski definition) is 7. The van der Waals surface area contributed by atoms with E-state index in [1.165, 1.54) is 59.5 Å². The summed E-state index contributed by atoms with van der Waals surface area (Å²) in [5.41, 5.74) is -0.0179. The van der Waals surface area contributed by atoms with Crippen molar-refractivity contribution in [2.75, 3.05) is 13.1 Å². The summed E-state index contributed by atoms with van der Waals surface area (Å²) in [6.45, 7) is 0.215. The summed E-state index contributed by atoms with van der Waals surface area (Å²) in [6, 6.07) is 15.3. The Morgan fingerprint density at radius 2 is 1.73 bits per heavy atom. The number of non-ortho nitro benzene ring substituents is 1. The first-order valence-corrected chi connectivity index (χ1v) is 12.0. The van der Waals surface area contributed by atoms with E-state index < -0.39 is 40.4 Å². The van der Waals surface area contributed by atoms with E-state index in [2.05, 4.69) is 10.1 Å². The van der Waals surface area contributed by atoms with Gasteiger partial charge in [-0.05, 0) is 48.4 Å². The Hall–Kier alpha value is -4.81. The van der Waals surface area contributed by atoms with Crippen LogP contribution in [-0.2, 0) is 6.18 Å². The molecule has 40 heavy (non-hydrogen) atoms. The van der Waals surface area contributed by atoms with Crippen molar-refractivity contribution in [3.8, 4) is 17.1 Å². The summed E-state index contributed by atoms with van der Waals surface area (Å²) in [7, 11) is 0. The summed E-state index contributed by atoms with van der Waals surface area (Å²) in [4.78, 5) is 29.2. The molecule has 1 aliphatic heterocycles. The average Bonchev–Trinajstić information content (AvgIpc) is 3.43. The number of carbonyl (C=O) groups is 1. The van der Waals surface area contributed by atoms with Crippen LogP contribution in [0.25, 0.3) is 11.4 Å². The number of nitrogens with zero attached hydrogens (tertiary/aromatic N) is 4. The minimum atomic E-state index is -4.49. The van der Waals surface area contributed by atoms with Gasteiger partial charge in [0.15, 0.2) is 0 Å². The molecule has 0 N–H and O–H groups in total. The van der Waals surface area contributed by atoms with Gasteiger partial charge in [-0.1, -0.05) is 29.4 Å². The molecule has 2 atom stereocenters. The van der Waals surface area contributed by atoms with E-state index >= 15 is 0 Å². The van der Waals surface area contributed by atoms with Crippen LogP contribution in [0.2, 0.25) is 0 Å². The topological polar surface area (TPSA) is 112 Å². The van der Waals surface area contributed by atoms with Crippen LogP contribution in [-0.4, -0.2) is 39.1 Å². The van der Waals surface area contributed by atoms with Gasteiger partial charge in [-0.25, -0.2) is 9.18 Å². The van der Waals surface area contributed by atoms with Crippen LogP contribution in [0.15, 0.2) is 77.3 Å². The molecule has 1 fully saturated rings. The maximum absolute atomic E-state index is 13.7. The lowest BCUT2D eigenvalue weighted by Gasteiger charge is -2.36. The SMILES string of the molecule is O=C(Oc1ccc([N+](=O)[O-])cc1)N1CC(c2ccc(C(F)(F)F)cc2)CC(c2nc(-c3cccc(F)c3)no2)C1. The zero-order chi connectivity index (χ0) is 28.4. The van der Waals surface area contributed by atoms with Gasteiger partial charge in [-0.3, -0.25) is 10.1 Å². The average molecular weight is 556 g/mol. The first-order chi connectivity index (χ1) is 19.1. The number of nitro benzene ring substituents is 1. The van der Waals surface area contributed by atoms with Crippen molar-refractivity contribution < 1.29 is 36.5 Å². The maximum atomic E-state index is 13.7. The number of amides is 1. The smallest absolute Gasteiger partial charge is 0.410 e. The minimum absolute atomic E-state index is 0.0787. The number of piperidine rings is 1. The van der Waals surface area contributed by atoms with E-state index in [1.807, 2.05) is 0 Å². The van der Waals surface area contributed by atoms with E-state index in [0.717, 1.165) is 12.1 Å². The second-order valence-electron chi connectivity index (χ2n) is 9.24. The van der Waals surface area contributed by atoms with Gasteiger partial charge in [0.25, 0.3) is 5.69 Å². The molecule has 9 nitrogen and oxygen atoms in total. The standard InChI is InChI=1S/C27H20F4N4O5/c28-21-3-1-2-17(13-21)24-32-25(40-33-24)19-12-18(16-4-6-20(7-5-16)27(29,30)31)14-34(15-19)26(36)39-23-10-8-22(9-11-23)35(37)38/h1-11,13,18-19H,12,14-15H2. The molecule has 4 aromatic rings. The summed E-state index contributed by atoms with van der Waals surface area (Å²) in [5.74, 6) is -1.01. The van der Waals surface area contributed by atoms with Gasteiger partial charge in [0.1, 0.15) is 11.6 Å². The van der Waals surface area contributed by atoms with Crippen molar-refractivity contribution in [1.29, 1.82) is 0 Å². The highest BCUT2D eigenvalue weighted by Crippen LogP contribution is 2.38. The molecule has 2 heterocycles. The Morgan fingerprint density at radius 3 is 2.38 bits per heavy atom. The largest absolute Gasteiger partial charge is 0.416 e. The van der Waals surface area contributed by atoms with Crippen LogP contribution in [0.5, 0.6) is 5.75 Å². The Labute approximate surface area is 224 Å². The number of aromatic nitrogens is 2. The molecule has 13 heteroatoms. The summed E-state index contributed by atoms with van der Waals surface area (Å²) >= 11 is 0. The number of likely N-dealkylation sites (tertiary alicyclic amines) is 1. The van der Waals surface area contributed by atoms with Crippen molar-refractivity contribution in [2.24, 2.45) is 0 Å². The Bertz CT molecular complexity index is 1520. The maximum Gasteiger partial charge on any atom is 0.416 e. The van der Waals surface area contributed by atoms with E-state index in [9.17, 15) is 32.5 Å². The molecule has 1 aliphatic rings. The van der Waals surface area contributed by atoms with Crippen molar-refractivity contribution in [2.45, 2.75) is 24.4 Å². The molecule has 5 rings (SSSR count). The highest BCUT2D eigenvalue weighted by molar-refractivity contribution is 5.71. The minimum Gasteiger partial charge on any atom is -0.410 e. The molecule has 0 bridgehead atoms. The molecule has 3 aromatic carbocycles. The molecule has 1 amide bonds. The fraction of sp³-hybridized carbons (Fsp3) is 0.222. The van der Waals surface area contributed by atoms with Crippen LogP contribution in [0.4, 0.5) is 28.0 Å². The third-order valence-corrected chi connectivity index (χ3v) is 6.54. The van der Waals surface area contributed by atoms with E-state index in [0.29, 0.717) is 17.5 Å². The van der Waals surface area contributed by atoms with Crippen LogP contribution in [0.1, 0.15) is 35.3 Å². The third kappa shape index (κ3) is 5.92. The highest BCUT2D eigenvalue weighted by atomic mass is 19.4. The van der Waals surface area contributed by atoms with Crippen LogP contribution < -0.4 is 4.74 Å². The predicted molar refractivity (Wildman–Crippen MR) is 132 cm³/mol. The summed E-state index contributed by atoms with van der Waals surface area (Å²) in [6.07, 6.45) is -4.89. The molecule has 1 aromatic heterocycles. The zero-order valence-corrected chi connectivity index (χ0v) is 20.5. The van der Waals surface area contributed by atoms with Gasteiger partial charge in [-0.15, -0.1) is 0 Å². The number of benzene rings is 3. The number of ether oxygens (including phenoxy) is 1. The van der Waals surface area contributed by atoms with E-state index in [-0.39, 0.29) is 36.2 Å². The van der Waals surface area contributed by atoms with Crippen molar-refractivity contribution in [3.05, 3.63) is 106 Å². The van der Waals surface area contributed by atoms with Crippen molar-refractivity contribution in [3.63, 3.8) is 0 Å². The lowest BCUT2D eigenvalue weighted by Crippen LogP contribution is -2.44. The summed E-state index contributed by atoms with van der Waals surface area (Å²) in [5, 5.41) is 14.8. The summed E-state index contributed by atoms with van der Waals surface area (Å²) < 4.78 is 63.9. The Morgan fingerprint density at radius 1 is 1.02 bits per heavy atom. The molecule has 0 spiro atoms. The lowest BCUT2D eigenvalue weighted by atomic mass is 9.84. The van der Waals surface area contributed by atoms with Gasteiger partial charge >= 0.3 is 12.3 Å². The number of rotatable bonds is 5. The first kappa shape index (κ1) is 26.8. The van der Waals surface area contributed by atoms with Crippen LogP contribution in [0.3, 0.4) is 0 Å². The third-order valence-electron chi connectivity index (χ3n) is 6.54.